The minimum atomic E-state index is -0.419. The van der Waals surface area contributed by atoms with Crippen LogP contribution >= 0.6 is 45.8 Å². The molecule has 8 heteroatoms. The fraction of sp³-hybridized carbons (Fsp3) is 0.115. The summed E-state index contributed by atoms with van der Waals surface area (Å²) in [5.74, 6) is 1.92. The van der Waals surface area contributed by atoms with Gasteiger partial charge in [-0.1, -0.05) is 29.3 Å². The average molecular weight is 609 g/mol. The van der Waals surface area contributed by atoms with Crippen LogP contribution in [-0.2, 0) is 16.1 Å². The zero-order chi connectivity index (χ0) is 24.2. The van der Waals surface area contributed by atoms with Crippen molar-refractivity contribution >= 4 is 63.6 Å². The van der Waals surface area contributed by atoms with Crippen LogP contribution in [0, 0.1) is 3.57 Å². The highest BCUT2D eigenvalue weighted by molar-refractivity contribution is 14.1. The zero-order valence-corrected chi connectivity index (χ0v) is 21.9. The molecule has 0 fully saturated rings. The third kappa shape index (κ3) is 5.51. The molecule has 0 N–H and O–H groups in total. The smallest absolute Gasteiger partial charge is 0.343 e. The van der Waals surface area contributed by atoms with Crippen molar-refractivity contribution in [1.29, 1.82) is 0 Å². The predicted molar refractivity (Wildman–Crippen MR) is 142 cm³/mol. The number of ether oxygens (including phenoxy) is 4. The average Bonchev–Trinajstić information content (AvgIpc) is 3.19. The lowest BCUT2D eigenvalue weighted by atomic mass is 10.1. The first kappa shape index (κ1) is 24.4. The number of hydrogen-bond donors (Lipinski definition) is 0. The summed E-state index contributed by atoms with van der Waals surface area (Å²) < 4.78 is 23.0. The van der Waals surface area contributed by atoms with Crippen LogP contribution in [-0.4, -0.2) is 20.2 Å². The quantitative estimate of drug-likeness (QED) is 0.162. The topological polar surface area (TPSA) is 54.0 Å². The predicted octanol–water partition coefficient (Wildman–Crippen LogP) is 7.18. The molecule has 1 aliphatic rings. The summed E-state index contributed by atoms with van der Waals surface area (Å²) in [5, 5.41) is 1.09. The summed E-state index contributed by atoms with van der Waals surface area (Å²) in [5.41, 5.74) is 2.80. The van der Waals surface area contributed by atoms with Crippen LogP contribution in [0.25, 0.3) is 11.8 Å². The Morgan fingerprint density at radius 2 is 1.76 bits per heavy atom. The summed E-state index contributed by atoms with van der Waals surface area (Å²) in [4.78, 5) is 12.5. The van der Waals surface area contributed by atoms with Gasteiger partial charge in [0.15, 0.2) is 11.5 Å². The second-order valence-corrected chi connectivity index (χ2v) is 9.29. The Morgan fingerprint density at radius 3 is 2.44 bits per heavy atom. The molecule has 1 aliphatic heterocycles. The maximum absolute atomic E-state index is 12.5. The number of hydrogen-bond acceptors (Lipinski definition) is 5. The third-order valence-corrected chi connectivity index (χ3v) is 6.45. The first-order valence-corrected chi connectivity index (χ1v) is 12.0. The Balaban J connectivity index is 1.57. The maximum atomic E-state index is 12.5. The lowest BCUT2D eigenvalue weighted by Crippen LogP contribution is -2.01. The molecule has 174 valence electrons. The SMILES string of the molecule is COc1ccc(C2=C/C(=C\c3cc(I)c(OCc4ccc(Cl)cc4Cl)c(OC)c3)C(=O)O2)cc1. The molecule has 34 heavy (non-hydrogen) atoms. The van der Waals surface area contributed by atoms with E-state index in [9.17, 15) is 4.79 Å². The standard InChI is InChI=1S/C26H19Cl2IO5/c1-31-20-7-4-16(5-8-20)23-12-18(26(30)34-23)9-15-10-22(29)25(24(11-15)32-2)33-14-17-3-6-19(27)13-21(17)28/h3-13H,14H2,1-2H3/b18-9+. The maximum Gasteiger partial charge on any atom is 0.343 e. The Hall–Kier alpha value is -2.68. The molecule has 0 aromatic heterocycles. The highest BCUT2D eigenvalue weighted by Crippen LogP contribution is 2.37. The number of esters is 1. The monoisotopic (exact) mass is 608 g/mol. The summed E-state index contributed by atoms with van der Waals surface area (Å²) in [6, 6.07) is 16.3. The van der Waals surface area contributed by atoms with E-state index in [1.165, 1.54) is 0 Å². The molecule has 3 aromatic rings. The molecule has 0 saturated heterocycles. The van der Waals surface area contributed by atoms with Gasteiger partial charge in [0.25, 0.3) is 0 Å². The lowest BCUT2D eigenvalue weighted by Gasteiger charge is -2.14. The second-order valence-electron chi connectivity index (χ2n) is 7.28. The van der Waals surface area contributed by atoms with E-state index in [-0.39, 0.29) is 6.61 Å². The van der Waals surface area contributed by atoms with Gasteiger partial charge in [0, 0.05) is 21.2 Å². The second kappa shape index (κ2) is 10.7. The number of halogens is 3. The summed E-state index contributed by atoms with van der Waals surface area (Å²) in [6.07, 6.45) is 3.47. The van der Waals surface area contributed by atoms with Crippen LogP contribution in [0.5, 0.6) is 17.2 Å². The minimum absolute atomic E-state index is 0.253. The van der Waals surface area contributed by atoms with Crippen molar-refractivity contribution in [1.82, 2.24) is 0 Å². The zero-order valence-electron chi connectivity index (χ0n) is 18.2. The van der Waals surface area contributed by atoms with Gasteiger partial charge < -0.3 is 18.9 Å². The largest absolute Gasteiger partial charge is 0.497 e. The van der Waals surface area contributed by atoms with E-state index >= 15 is 0 Å². The molecule has 1 heterocycles. The number of carbonyl (C=O) groups excluding carboxylic acids is 1. The molecule has 0 spiro atoms. The van der Waals surface area contributed by atoms with E-state index in [1.807, 2.05) is 36.4 Å². The highest BCUT2D eigenvalue weighted by atomic mass is 127. The Kier molecular flexibility index (Phi) is 7.70. The number of cyclic esters (lactones) is 1. The van der Waals surface area contributed by atoms with Crippen molar-refractivity contribution < 1.29 is 23.7 Å². The van der Waals surface area contributed by atoms with Crippen LogP contribution < -0.4 is 14.2 Å². The number of rotatable bonds is 7. The lowest BCUT2D eigenvalue weighted by molar-refractivity contribution is -0.130. The molecular formula is C26H19Cl2IO5. The molecule has 0 unspecified atom stereocenters. The summed E-state index contributed by atoms with van der Waals surface area (Å²) >= 11 is 14.4. The van der Waals surface area contributed by atoms with Crippen molar-refractivity contribution in [2.45, 2.75) is 6.61 Å². The summed E-state index contributed by atoms with van der Waals surface area (Å²) in [7, 11) is 3.17. The van der Waals surface area contributed by atoms with Gasteiger partial charge in [-0.05, 0) is 88.8 Å². The first-order chi connectivity index (χ1) is 16.4. The first-order valence-electron chi connectivity index (χ1n) is 10.1. The molecule has 3 aromatic carbocycles. The highest BCUT2D eigenvalue weighted by Gasteiger charge is 2.22. The third-order valence-electron chi connectivity index (χ3n) is 5.06. The normalized spacial score (nSPS) is 14.1. The molecule has 4 rings (SSSR count). The van der Waals surface area contributed by atoms with Gasteiger partial charge in [0.1, 0.15) is 18.1 Å². The molecule has 0 radical (unpaired) electrons. The molecular weight excluding hydrogens is 590 g/mol. The number of carbonyl (C=O) groups is 1. The van der Waals surface area contributed by atoms with Crippen LogP contribution in [0.15, 0.2) is 66.2 Å². The fourth-order valence-corrected chi connectivity index (χ4v) is 4.56. The van der Waals surface area contributed by atoms with Crippen LogP contribution in [0.1, 0.15) is 16.7 Å². The van der Waals surface area contributed by atoms with Gasteiger partial charge in [-0.25, -0.2) is 4.79 Å². The Labute approximate surface area is 221 Å². The summed E-state index contributed by atoms with van der Waals surface area (Å²) in [6.45, 7) is 0.253. The van der Waals surface area contributed by atoms with Crippen molar-refractivity contribution in [3.63, 3.8) is 0 Å². The van der Waals surface area contributed by atoms with Crippen molar-refractivity contribution in [3.8, 4) is 17.2 Å². The van der Waals surface area contributed by atoms with E-state index < -0.39 is 5.97 Å². The molecule has 0 atom stereocenters. The Bertz CT molecular complexity index is 1300. The molecule has 0 amide bonds. The number of benzene rings is 3. The van der Waals surface area contributed by atoms with E-state index in [4.69, 9.17) is 42.1 Å². The van der Waals surface area contributed by atoms with Gasteiger partial charge in [0.2, 0.25) is 0 Å². The van der Waals surface area contributed by atoms with Gasteiger partial charge in [-0.15, -0.1) is 0 Å². The molecule has 0 saturated carbocycles. The van der Waals surface area contributed by atoms with Gasteiger partial charge in [-0.3, -0.25) is 0 Å². The van der Waals surface area contributed by atoms with Crippen molar-refractivity contribution in [2.24, 2.45) is 0 Å². The van der Waals surface area contributed by atoms with Gasteiger partial charge >= 0.3 is 5.97 Å². The van der Waals surface area contributed by atoms with Gasteiger partial charge in [-0.2, -0.15) is 0 Å². The molecule has 0 bridgehead atoms. The van der Waals surface area contributed by atoms with Crippen LogP contribution in [0.2, 0.25) is 10.0 Å². The van der Waals surface area contributed by atoms with Crippen molar-refractivity contribution in [2.75, 3.05) is 14.2 Å². The van der Waals surface area contributed by atoms with E-state index in [0.29, 0.717) is 32.9 Å². The minimum Gasteiger partial charge on any atom is -0.497 e. The van der Waals surface area contributed by atoms with Crippen molar-refractivity contribution in [3.05, 3.63) is 96.6 Å². The van der Waals surface area contributed by atoms with Gasteiger partial charge in [0.05, 0.1) is 23.4 Å². The van der Waals surface area contributed by atoms with Crippen LogP contribution in [0.4, 0.5) is 0 Å². The number of methoxy groups -OCH3 is 2. The van der Waals surface area contributed by atoms with E-state index in [2.05, 4.69) is 22.6 Å². The fourth-order valence-electron chi connectivity index (χ4n) is 3.32. The molecule has 0 aliphatic carbocycles. The van der Waals surface area contributed by atoms with E-state index in [0.717, 1.165) is 26.0 Å². The van der Waals surface area contributed by atoms with E-state index in [1.54, 1.807) is 44.6 Å². The van der Waals surface area contributed by atoms with Crippen LogP contribution in [0.3, 0.4) is 0 Å². The Morgan fingerprint density at radius 1 is 1.00 bits per heavy atom. The molecule has 5 nitrogen and oxygen atoms in total.